The Hall–Kier alpha value is -1.86. The van der Waals surface area contributed by atoms with Crippen LogP contribution in [0.25, 0.3) is 0 Å². The summed E-state index contributed by atoms with van der Waals surface area (Å²) in [6, 6.07) is -0.0748. The van der Waals surface area contributed by atoms with Gasteiger partial charge in [-0.25, -0.2) is 9.97 Å². The van der Waals surface area contributed by atoms with E-state index in [2.05, 4.69) is 20.4 Å². The van der Waals surface area contributed by atoms with Gasteiger partial charge in [0, 0.05) is 12.7 Å². The van der Waals surface area contributed by atoms with Crippen LogP contribution in [0.5, 0.6) is 5.75 Å². The van der Waals surface area contributed by atoms with Gasteiger partial charge in [-0.05, 0) is 25.7 Å². The minimum atomic E-state index is -0.439. The van der Waals surface area contributed by atoms with E-state index in [1.54, 1.807) is 19.5 Å². The summed E-state index contributed by atoms with van der Waals surface area (Å²) in [6.07, 6.45) is 6.01. The van der Waals surface area contributed by atoms with Gasteiger partial charge in [0.15, 0.2) is 11.6 Å². The van der Waals surface area contributed by atoms with Crippen molar-refractivity contribution in [3.05, 3.63) is 29.4 Å². The molecule has 124 valence electrons. The van der Waals surface area contributed by atoms with Crippen molar-refractivity contribution in [3.63, 3.8) is 0 Å². The van der Waals surface area contributed by atoms with E-state index in [-0.39, 0.29) is 6.04 Å². The van der Waals surface area contributed by atoms with Crippen molar-refractivity contribution in [1.29, 1.82) is 0 Å². The molecule has 2 N–H and O–H groups in total. The molecule has 3 atom stereocenters. The van der Waals surface area contributed by atoms with Gasteiger partial charge in [-0.3, -0.25) is 4.68 Å². The molecular weight excluding hydrogens is 318 g/mol. The molecule has 0 amide bonds. The first kappa shape index (κ1) is 16.0. The molecule has 0 aliphatic heterocycles. The number of methoxy groups -OCH3 is 1. The van der Waals surface area contributed by atoms with Gasteiger partial charge >= 0.3 is 0 Å². The highest BCUT2D eigenvalue weighted by atomic mass is 35.5. The first-order valence-electron chi connectivity index (χ1n) is 7.55. The SMILES string of the molecule is COc1c(C)ncnc1N[C@@H]1CC(Cn2cc(Cl)cn2)C[C@H]1O. The maximum Gasteiger partial charge on any atom is 0.182 e. The lowest BCUT2D eigenvalue weighted by atomic mass is 10.1. The summed E-state index contributed by atoms with van der Waals surface area (Å²) in [5.74, 6) is 1.56. The van der Waals surface area contributed by atoms with Crippen molar-refractivity contribution in [3.8, 4) is 5.75 Å². The lowest BCUT2D eigenvalue weighted by molar-refractivity contribution is 0.165. The summed E-state index contributed by atoms with van der Waals surface area (Å²) in [7, 11) is 1.59. The number of nitrogens with zero attached hydrogens (tertiary/aromatic N) is 4. The van der Waals surface area contributed by atoms with Gasteiger partial charge in [-0.2, -0.15) is 5.10 Å². The number of hydrogen-bond acceptors (Lipinski definition) is 6. The molecule has 1 aliphatic carbocycles. The molecule has 23 heavy (non-hydrogen) atoms. The number of ether oxygens (including phenoxy) is 1. The van der Waals surface area contributed by atoms with Gasteiger partial charge in [0.05, 0.1) is 36.2 Å². The van der Waals surface area contributed by atoms with E-state index in [1.165, 1.54) is 6.33 Å². The first-order chi connectivity index (χ1) is 11.1. The Balaban J connectivity index is 1.66. The van der Waals surface area contributed by atoms with E-state index < -0.39 is 6.10 Å². The summed E-state index contributed by atoms with van der Waals surface area (Å²) in [5, 5.41) is 18.4. The zero-order valence-electron chi connectivity index (χ0n) is 13.1. The fraction of sp³-hybridized carbons (Fsp3) is 0.533. The van der Waals surface area contributed by atoms with Gasteiger partial charge in [0.25, 0.3) is 0 Å². The number of hydrogen-bond donors (Lipinski definition) is 2. The van der Waals surface area contributed by atoms with E-state index in [0.717, 1.165) is 18.7 Å². The standard InChI is InChI=1S/C15H20ClN5O2/c1-9-14(23-2)15(18-8-17-9)20-12-3-10(4-13(12)22)6-21-7-11(16)5-19-21/h5,7-8,10,12-13,22H,3-4,6H2,1-2H3,(H,17,18,20)/t10?,12-,13-/m1/s1. The molecule has 0 radical (unpaired) electrons. The zero-order valence-corrected chi connectivity index (χ0v) is 13.9. The van der Waals surface area contributed by atoms with Crippen LogP contribution in [0.4, 0.5) is 5.82 Å². The van der Waals surface area contributed by atoms with E-state index in [9.17, 15) is 5.11 Å². The van der Waals surface area contributed by atoms with Crippen LogP contribution in [0.1, 0.15) is 18.5 Å². The predicted octanol–water partition coefficient (Wildman–Crippen LogP) is 1.90. The molecule has 2 heterocycles. The van der Waals surface area contributed by atoms with E-state index in [1.807, 2.05) is 11.6 Å². The van der Waals surface area contributed by atoms with Gasteiger partial charge in [-0.15, -0.1) is 0 Å². The molecule has 8 heteroatoms. The second-order valence-corrected chi connectivity index (χ2v) is 6.31. The molecule has 0 saturated heterocycles. The third-order valence-corrected chi connectivity index (χ3v) is 4.38. The molecule has 0 bridgehead atoms. The summed E-state index contributed by atoms with van der Waals surface area (Å²) < 4.78 is 7.17. The topological polar surface area (TPSA) is 85.1 Å². The van der Waals surface area contributed by atoms with Crippen LogP contribution in [0.2, 0.25) is 5.02 Å². The Morgan fingerprint density at radius 3 is 2.96 bits per heavy atom. The van der Waals surface area contributed by atoms with Gasteiger partial charge in [0.2, 0.25) is 0 Å². The number of rotatable bonds is 5. The molecular formula is C15H20ClN5O2. The smallest absolute Gasteiger partial charge is 0.182 e. The number of nitrogens with one attached hydrogen (secondary N) is 1. The van der Waals surface area contributed by atoms with Gasteiger partial charge in [-0.1, -0.05) is 11.6 Å². The van der Waals surface area contributed by atoms with Gasteiger partial charge in [0.1, 0.15) is 6.33 Å². The molecule has 3 rings (SSSR count). The monoisotopic (exact) mass is 337 g/mol. The molecule has 2 aromatic heterocycles. The predicted molar refractivity (Wildman–Crippen MR) is 86.7 cm³/mol. The second-order valence-electron chi connectivity index (χ2n) is 5.88. The highest BCUT2D eigenvalue weighted by Crippen LogP contribution is 2.32. The van der Waals surface area contributed by atoms with Crippen molar-refractivity contribution in [2.24, 2.45) is 5.92 Å². The van der Waals surface area contributed by atoms with E-state index in [0.29, 0.717) is 28.9 Å². The summed E-state index contributed by atoms with van der Waals surface area (Å²) in [4.78, 5) is 8.34. The largest absolute Gasteiger partial charge is 0.491 e. The Morgan fingerprint density at radius 2 is 2.26 bits per heavy atom. The average Bonchev–Trinajstić information content (AvgIpc) is 3.06. The molecule has 7 nitrogen and oxygen atoms in total. The third-order valence-electron chi connectivity index (χ3n) is 4.18. The summed E-state index contributed by atoms with van der Waals surface area (Å²) >= 11 is 5.89. The fourth-order valence-corrected chi connectivity index (χ4v) is 3.27. The molecule has 0 aromatic carbocycles. The Kier molecular flexibility index (Phi) is 4.68. The van der Waals surface area contributed by atoms with Crippen LogP contribution in [-0.2, 0) is 6.54 Å². The Morgan fingerprint density at radius 1 is 1.43 bits per heavy atom. The molecule has 1 unspecified atom stereocenters. The van der Waals surface area contributed by atoms with Gasteiger partial charge < -0.3 is 15.2 Å². The van der Waals surface area contributed by atoms with Crippen LogP contribution >= 0.6 is 11.6 Å². The quantitative estimate of drug-likeness (QED) is 0.866. The molecule has 1 saturated carbocycles. The highest BCUT2D eigenvalue weighted by molar-refractivity contribution is 6.30. The normalized spacial score (nSPS) is 23.9. The third kappa shape index (κ3) is 3.56. The molecule has 1 fully saturated rings. The average molecular weight is 338 g/mol. The van der Waals surface area contributed by atoms with Crippen LogP contribution in [-0.4, -0.2) is 44.1 Å². The van der Waals surface area contributed by atoms with E-state index in [4.69, 9.17) is 16.3 Å². The summed E-state index contributed by atoms with van der Waals surface area (Å²) in [6.45, 7) is 2.60. The molecule has 0 spiro atoms. The van der Waals surface area contributed by atoms with Crippen molar-refractivity contribution in [2.75, 3.05) is 12.4 Å². The number of aromatic nitrogens is 4. The van der Waals surface area contributed by atoms with Crippen LogP contribution in [0.15, 0.2) is 18.7 Å². The zero-order chi connectivity index (χ0) is 16.4. The van der Waals surface area contributed by atoms with Crippen molar-refractivity contribution in [2.45, 2.75) is 38.5 Å². The minimum Gasteiger partial charge on any atom is -0.491 e. The minimum absolute atomic E-state index is 0.0748. The fourth-order valence-electron chi connectivity index (χ4n) is 3.11. The molecule has 1 aliphatic rings. The molecule has 2 aromatic rings. The first-order valence-corrected chi connectivity index (χ1v) is 7.92. The lowest BCUT2D eigenvalue weighted by Gasteiger charge is -2.19. The van der Waals surface area contributed by atoms with Crippen molar-refractivity contribution in [1.82, 2.24) is 19.7 Å². The maximum absolute atomic E-state index is 10.3. The van der Waals surface area contributed by atoms with Crippen molar-refractivity contribution >= 4 is 17.4 Å². The van der Waals surface area contributed by atoms with Crippen LogP contribution < -0.4 is 10.1 Å². The lowest BCUT2D eigenvalue weighted by Crippen LogP contribution is -2.28. The second kappa shape index (κ2) is 6.72. The number of aliphatic hydroxyl groups is 1. The van der Waals surface area contributed by atoms with Crippen molar-refractivity contribution < 1.29 is 9.84 Å². The number of anilines is 1. The highest BCUT2D eigenvalue weighted by Gasteiger charge is 2.34. The number of aryl methyl sites for hydroxylation is 1. The van der Waals surface area contributed by atoms with Crippen LogP contribution in [0.3, 0.4) is 0 Å². The maximum atomic E-state index is 10.3. The Bertz CT molecular complexity index is 678. The number of halogens is 1. The van der Waals surface area contributed by atoms with Crippen LogP contribution in [0, 0.1) is 12.8 Å². The number of aliphatic hydroxyl groups excluding tert-OH is 1. The Labute approximate surface area is 139 Å². The van der Waals surface area contributed by atoms with E-state index >= 15 is 0 Å². The summed E-state index contributed by atoms with van der Waals surface area (Å²) in [5.41, 5.74) is 0.764.